The number of pyridine rings is 2. The predicted octanol–water partition coefficient (Wildman–Crippen LogP) is 3.87. The molecule has 2 aromatic rings. The molecule has 0 aliphatic heterocycles. The molecule has 3 rings (SSSR count). The molecule has 0 amide bonds. The molecule has 2 N–H and O–H groups in total. The number of hydrogen-bond acceptors (Lipinski definition) is 4. The summed E-state index contributed by atoms with van der Waals surface area (Å²) in [4.78, 5) is 8.63. The number of nitrogens with two attached hydrogens (primary N) is 1. The molecule has 21 heavy (non-hydrogen) atoms. The Labute approximate surface area is 129 Å². The molecule has 1 saturated carbocycles. The summed E-state index contributed by atoms with van der Waals surface area (Å²) in [7, 11) is 0. The number of rotatable bonds is 4. The van der Waals surface area contributed by atoms with Crippen LogP contribution in [0.25, 0.3) is 10.8 Å². The summed E-state index contributed by atoms with van der Waals surface area (Å²) in [5, 5.41) is 2.34. The molecule has 1 fully saturated rings. The molecule has 1 unspecified atom stereocenters. The van der Waals surface area contributed by atoms with Crippen LogP contribution >= 0.6 is 11.6 Å². The summed E-state index contributed by atoms with van der Waals surface area (Å²) in [6.07, 6.45) is 6.81. The largest absolute Gasteiger partial charge is 0.474 e. The Morgan fingerprint density at radius 1 is 1.33 bits per heavy atom. The molecule has 1 atom stereocenters. The van der Waals surface area contributed by atoms with Crippen molar-refractivity contribution >= 4 is 22.4 Å². The van der Waals surface area contributed by atoms with Crippen molar-refractivity contribution in [2.24, 2.45) is 11.7 Å². The molecule has 5 heteroatoms. The number of fused-ring (bicyclic) bond motifs is 1. The third-order valence-corrected chi connectivity index (χ3v) is 4.39. The van der Waals surface area contributed by atoms with Gasteiger partial charge >= 0.3 is 0 Å². The van der Waals surface area contributed by atoms with Gasteiger partial charge in [-0.2, -0.15) is 0 Å². The highest BCUT2D eigenvalue weighted by molar-refractivity contribution is 6.30. The van der Waals surface area contributed by atoms with Crippen molar-refractivity contribution < 1.29 is 4.74 Å². The van der Waals surface area contributed by atoms with Crippen molar-refractivity contribution in [2.75, 3.05) is 0 Å². The molecular weight excluding hydrogens is 286 g/mol. The molecule has 0 aromatic carbocycles. The monoisotopic (exact) mass is 305 g/mol. The topological polar surface area (TPSA) is 61.0 Å². The van der Waals surface area contributed by atoms with Crippen LogP contribution < -0.4 is 10.5 Å². The molecule has 0 bridgehead atoms. The highest BCUT2D eigenvalue weighted by atomic mass is 35.5. The molecular formula is C16H20ClN3O. The first kappa shape index (κ1) is 14.5. The standard InChI is InChI=1S/C16H20ClN3O/c1-3-14(18)12-7-20-16(21-10-4-9(2)5-10)13-8-19-15(17)6-11(12)13/h6-10,14H,3-5,18H2,1-2H3. The summed E-state index contributed by atoms with van der Waals surface area (Å²) in [6.45, 7) is 4.29. The normalized spacial score (nSPS) is 22.9. The minimum absolute atomic E-state index is 0.0590. The van der Waals surface area contributed by atoms with Gasteiger partial charge in [0, 0.05) is 18.4 Å². The van der Waals surface area contributed by atoms with Gasteiger partial charge in [0.1, 0.15) is 11.3 Å². The molecule has 0 saturated heterocycles. The van der Waals surface area contributed by atoms with Crippen LogP contribution in [0.15, 0.2) is 18.5 Å². The van der Waals surface area contributed by atoms with Gasteiger partial charge in [-0.1, -0.05) is 25.4 Å². The zero-order valence-corrected chi connectivity index (χ0v) is 13.1. The average Bonchev–Trinajstić information content (AvgIpc) is 2.44. The second-order valence-electron chi connectivity index (χ2n) is 5.90. The van der Waals surface area contributed by atoms with Gasteiger partial charge in [0.05, 0.1) is 5.39 Å². The summed E-state index contributed by atoms with van der Waals surface area (Å²) >= 11 is 6.04. The average molecular weight is 306 g/mol. The molecule has 2 heterocycles. The lowest BCUT2D eigenvalue weighted by Crippen LogP contribution is -2.32. The maximum Gasteiger partial charge on any atom is 0.223 e. The van der Waals surface area contributed by atoms with Crippen LogP contribution in [0.3, 0.4) is 0 Å². The maximum absolute atomic E-state index is 6.17. The minimum atomic E-state index is -0.0590. The van der Waals surface area contributed by atoms with E-state index < -0.39 is 0 Å². The lowest BCUT2D eigenvalue weighted by molar-refractivity contribution is 0.0711. The van der Waals surface area contributed by atoms with E-state index in [9.17, 15) is 0 Å². The van der Waals surface area contributed by atoms with Gasteiger partial charge in [-0.25, -0.2) is 9.97 Å². The highest BCUT2D eigenvalue weighted by Crippen LogP contribution is 2.35. The second-order valence-corrected chi connectivity index (χ2v) is 6.29. The van der Waals surface area contributed by atoms with Gasteiger partial charge in [0.2, 0.25) is 5.88 Å². The van der Waals surface area contributed by atoms with Crippen molar-refractivity contribution in [2.45, 2.75) is 45.3 Å². The van der Waals surface area contributed by atoms with Crippen molar-refractivity contribution in [3.05, 3.63) is 29.2 Å². The van der Waals surface area contributed by atoms with Crippen LogP contribution in [0.1, 0.15) is 44.7 Å². The third kappa shape index (κ3) is 2.83. The van der Waals surface area contributed by atoms with Crippen molar-refractivity contribution in [1.82, 2.24) is 9.97 Å². The first-order valence-electron chi connectivity index (χ1n) is 7.44. The molecule has 4 nitrogen and oxygen atoms in total. The van der Waals surface area contributed by atoms with Gasteiger partial charge in [0.25, 0.3) is 0 Å². The van der Waals surface area contributed by atoms with Gasteiger partial charge in [-0.05, 0) is 42.2 Å². The number of hydrogen-bond donors (Lipinski definition) is 1. The zero-order valence-electron chi connectivity index (χ0n) is 12.3. The maximum atomic E-state index is 6.17. The van der Waals surface area contributed by atoms with Gasteiger partial charge in [0.15, 0.2) is 0 Å². The fourth-order valence-electron chi connectivity index (χ4n) is 2.80. The summed E-state index contributed by atoms with van der Waals surface area (Å²) < 4.78 is 6.01. The van der Waals surface area contributed by atoms with E-state index in [1.165, 1.54) is 0 Å². The quantitative estimate of drug-likeness (QED) is 0.871. The number of nitrogens with zero attached hydrogens (tertiary/aromatic N) is 2. The van der Waals surface area contributed by atoms with E-state index in [4.69, 9.17) is 22.1 Å². The number of aromatic nitrogens is 2. The first-order valence-corrected chi connectivity index (χ1v) is 7.82. The molecule has 0 spiro atoms. The fraction of sp³-hybridized carbons (Fsp3) is 0.500. The number of ether oxygens (including phenoxy) is 1. The first-order chi connectivity index (χ1) is 10.1. The van der Waals surface area contributed by atoms with Crippen molar-refractivity contribution in [3.8, 4) is 5.88 Å². The summed E-state index contributed by atoms with van der Waals surface area (Å²) in [5.41, 5.74) is 7.16. The zero-order chi connectivity index (χ0) is 15.0. The highest BCUT2D eigenvalue weighted by Gasteiger charge is 2.28. The van der Waals surface area contributed by atoms with Crippen LogP contribution in [0.4, 0.5) is 0 Å². The number of halogens is 1. The summed E-state index contributed by atoms with van der Waals surface area (Å²) in [5.74, 6) is 1.37. The van der Waals surface area contributed by atoms with E-state index >= 15 is 0 Å². The second kappa shape index (κ2) is 5.78. The van der Waals surface area contributed by atoms with E-state index in [0.717, 1.165) is 41.5 Å². The predicted molar refractivity (Wildman–Crippen MR) is 84.6 cm³/mol. The molecule has 1 aliphatic rings. The minimum Gasteiger partial charge on any atom is -0.474 e. The molecule has 2 aromatic heterocycles. The Hall–Kier alpha value is -1.39. The Morgan fingerprint density at radius 3 is 2.76 bits per heavy atom. The van der Waals surface area contributed by atoms with E-state index in [1.807, 2.05) is 12.3 Å². The van der Waals surface area contributed by atoms with Crippen LogP contribution in [0, 0.1) is 5.92 Å². The Morgan fingerprint density at radius 2 is 2.10 bits per heavy atom. The van der Waals surface area contributed by atoms with Crippen molar-refractivity contribution in [3.63, 3.8) is 0 Å². The van der Waals surface area contributed by atoms with Crippen LogP contribution in [0.5, 0.6) is 5.88 Å². The smallest absolute Gasteiger partial charge is 0.223 e. The summed E-state index contributed by atoms with van der Waals surface area (Å²) in [6, 6.07) is 1.79. The lowest BCUT2D eigenvalue weighted by atomic mass is 9.84. The van der Waals surface area contributed by atoms with Crippen LogP contribution in [0.2, 0.25) is 5.15 Å². The van der Waals surface area contributed by atoms with Crippen LogP contribution in [-0.2, 0) is 0 Å². The Bertz CT molecular complexity index is 655. The van der Waals surface area contributed by atoms with Crippen molar-refractivity contribution in [1.29, 1.82) is 0 Å². The molecule has 0 radical (unpaired) electrons. The molecule has 112 valence electrons. The SMILES string of the molecule is CCC(N)c1cnc(OC2CC(C)C2)c2cnc(Cl)cc12. The van der Waals surface area contributed by atoms with E-state index in [1.54, 1.807) is 6.20 Å². The third-order valence-electron chi connectivity index (χ3n) is 4.18. The lowest BCUT2D eigenvalue weighted by Gasteiger charge is -2.32. The van der Waals surface area contributed by atoms with Gasteiger partial charge in [-0.3, -0.25) is 0 Å². The Kier molecular flexibility index (Phi) is 4.00. The van der Waals surface area contributed by atoms with E-state index in [2.05, 4.69) is 23.8 Å². The Balaban J connectivity index is 2.02. The van der Waals surface area contributed by atoms with Gasteiger partial charge < -0.3 is 10.5 Å². The van der Waals surface area contributed by atoms with E-state index in [-0.39, 0.29) is 12.1 Å². The van der Waals surface area contributed by atoms with Gasteiger partial charge in [-0.15, -0.1) is 0 Å². The van der Waals surface area contributed by atoms with Crippen LogP contribution in [-0.4, -0.2) is 16.1 Å². The van der Waals surface area contributed by atoms with E-state index in [0.29, 0.717) is 11.0 Å². The fourth-order valence-corrected chi connectivity index (χ4v) is 2.96. The molecule has 1 aliphatic carbocycles.